The minimum atomic E-state index is -0.267. The molecule has 0 amide bonds. The molecule has 0 unspecified atom stereocenters. The van der Waals surface area contributed by atoms with Crippen molar-refractivity contribution in [2.75, 3.05) is 13.7 Å². The lowest BCUT2D eigenvalue weighted by molar-refractivity contribution is 0.0509. The van der Waals surface area contributed by atoms with Gasteiger partial charge in [-0.05, 0) is 41.8 Å². The fraction of sp³-hybridized carbons (Fsp3) is 0.316. The number of hydrogen-bond acceptors (Lipinski definition) is 3. The van der Waals surface area contributed by atoms with Crippen LogP contribution in [0, 0.1) is 0 Å². The second-order valence-corrected chi connectivity index (χ2v) is 5.18. The Morgan fingerprint density at radius 2 is 1.50 bits per heavy atom. The van der Waals surface area contributed by atoms with Gasteiger partial charge in [0, 0.05) is 6.42 Å². The van der Waals surface area contributed by atoms with Crippen LogP contribution in [0.2, 0.25) is 0 Å². The summed E-state index contributed by atoms with van der Waals surface area (Å²) in [6.07, 6.45) is 2.84. The molecule has 0 radical (unpaired) electrons. The highest BCUT2D eigenvalue weighted by molar-refractivity contribution is 5.89. The van der Waals surface area contributed by atoms with Crippen LogP contribution in [-0.2, 0) is 17.6 Å². The third kappa shape index (κ3) is 4.62. The first-order chi connectivity index (χ1) is 10.7. The SMILES string of the molecule is CCCc1ccc(C(=O)OCCc2ccc(OC)cc2)cc1. The summed E-state index contributed by atoms with van der Waals surface area (Å²) in [5.41, 5.74) is 2.97. The standard InChI is InChI=1S/C19H22O3/c1-3-4-15-5-9-17(10-6-15)19(20)22-14-13-16-7-11-18(21-2)12-8-16/h5-12H,3-4,13-14H2,1-2H3. The van der Waals surface area contributed by atoms with Crippen LogP contribution in [0.4, 0.5) is 0 Å². The van der Waals surface area contributed by atoms with E-state index in [0.29, 0.717) is 18.6 Å². The number of ether oxygens (including phenoxy) is 2. The van der Waals surface area contributed by atoms with Crippen molar-refractivity contribution >= 4 is 5.97 Å². The molecule has 116 valence electrons. The van der Waals surface area contributed by atoms with E-state index < -0.39 is 0 Å². The number of hydrogen-bond donors (Lipinski definition) is 0. The molecule has 0 spiro atoms. The van der Waals surface area contributed by atoms with Gasteiger partial charge in [-0.25, -0.2) is 4.79 Å². The van der Waals surface area contributed by atoms with Crippen molar-refractivity contribution in [2.24, 2.45) is 0 Å². The third-order valence-corrected chi connectivity index (χ3v) is 3.51. The summed E-state index contributed by atoms with van der Waals surface area (Å²) in [5, 5.41) is 0. The maximum absolute atomic E-state index is 12.0. The molecule has 3 heteroatoms. The highest BCUT2D eigenvalue weighted by Gasteiger charge is 2.07. The Kier molecular flexibility index (Phi) is 6.01. The van der Waals surface area contributed by atoms with Gasteiger partial charge in [0.15, 0.2) is 0 Å². The van der Waals surface area contributed by atoms with E-state index in [2.05, 4.69) is 6.92 Å². The van der Waals surface area contributed by atoms with Gasteiger partial charge < -0.3 is 9.47 Å². The van der Waals surface area contributed by atoms with Crippen molar-refractivity contribution in [1.82, 2.24) is 0 Å². The zero-order valence-corrected chi connectivity index (χ0v) is 13.2. The molecule has 0 saturated heterocycles. The molecule has 0 aliphatic carbocycles. The van der Waals surface area contributed by atoms with Crippen LogP contribution < -0.4 is 4.74 Å². The summed E-state index contributed by atoms with van der Waals surface area (Å²) in [4.78, 5) is 12.0. The smallest absolute Gasteiger partial charge is 0.338 e. The first kappa shape index (κ1) is 16.1. The van der Waals surface area contributed by atoms with Crippen molar-refractivity contribution in [3.63, 3.8) is 0 Å². The van der Waals surface area contributed by atoms with E-state index in [4.69, 9.17) is 9.47 Å². The van der Waals surface area contributed by atoms with Gasteiger partial charge in [-0.2, -0.15) is 0 Å². The topological polar surface area (TPSA) is 35.5 Å². The number of methoxy groups -OCH3 is 1. The fourth-order valence-electron chi connectivity index (χ4n) is 2.23. The average molecular weight is 298 g/mol. The lowest BCUT2D eigenvalue weighted by Crippen LogP contribution is -2.08. The van der Waals surface area contributed by atoms with Crippen molar-refractivity contribution in [3.8, 4) is 5.75 Å². The van der Waals surface area contributed by atoms with Crippen LogP contribution in [0.5, 0.6) is 5.75 Å². The minimum absolute atomic E-state index is 0.267. The van der Waals surface area contributed by atoms with Gasteiger partial charge in [-0.3, -0.25) is 0 Å². The molecular formula is C19H22O3. The molecule has 2 aromatic rings. The van der Waals surface area contributed by atoms with Crippen LogP contribution in [0.1, 0.15) is 34.8 Å². The molecule has 22 heavy (non-hydrogen) atoms. The number of esters is 1. The summed E-state index contributed by atoms with van der Waals surface area (Å²) < 4.78 is 10.4. The number of carbonyl (C=O) groups excluding carboxylic acids is 1. The number of aryl methyl sites for hydroxylation is 1. The van der Waals surface area contributed by atoms with Gasteiger partial charge >= 0.3 is 5.97 Å². The zero-order chi connectivity index (χ0) is 15.8. The zero-order valence-electron chi connectivity index (χ0n) is 13.2. The molecule has 2 aromatic carbocycles. The number of rotatable bonds is 7. The minimum Gasteiger partial charge on any atom is -0.497 e. The van der Waals surface area contributed by atoms with Gasteiger partial charge in [0.05, 0.1) is 19.3 Å². The number of benzene rings is 2. The lowest BCUT2D eigenvalue weighted by atomic mass is 10.1. The molecule has 0 bridgehead atoms. The molecule has 3 nitrogen and oxygen atoms in total. The van der Waals surface area contributed by atoms with Crippen LogP contribution in [0.15, 0.2) is 48.5 Å². The Bertz CT molecular complexity index is 585. The fourth-order valence-corrected chi connectivity index (χ4v) is 2.23. The van der Waals surface area contributed by atoms with E-state index in [1.807, 2.05) is 48.5 Å². The summed E-state index contributed by atoms with van der Waals surface area (Å²) in [5.74, 6) is 0.560. The quantitative estimate of drug-likeness (QED) is 0.723. The maximum atomic E-state index is 12.0. The van der Waals surface area contributed by atoms with Gasteiger partial charge in [0.2, 0.25) is 0 Å². The Balaban J connectivity index is 1.81. The van der Waals surface area contributed by atoms with E-state index in [1.54, 1.807) is 7.11 Å². The van der Waals surface area contributed by atoms with Gasteiger partial charge in [-0.15, -0.1) is 0 Å². The molecular weight excluding hydrogens is 276 g/mol. The molecule has 0 aromatic heterocycles. The Labute approximate surface area is 131 Å². The highest BCUT2D eigenvalue weighted by atomic mass is 16.5. The van der Waals surface area contributed by atoms with Gasteiger partial charge in [0.25, 0.3) is 0 Å². The average Bonchev–Trinajstić information content (AvgIpc) is 2.56. The van der Waals surface area contributed by atoms with Gasteiger partial charge in [0.1, 0.15) is 5.75 Å². The molecule has 0 saturated carbocycles. The van der Waals surface area contributed by atoms with Crippen molar-refractivity contribution in [3.05, 3.63) is 65.2 Å². The van der Waals surface area contributed by atoms with Gasteiger partial charge in [-0.1, -0.05) is 37.6 Å². The van der Waals surface area contributed by atoms with Crippen LogP contribution in [0.3, 0.4) is 0 Å². The van der Waals surface area contributed by atoms with Crippen LogP contribution >= 0.6 is 0 Å². The summed E-state index contributed by atoms with van der Waals surface area (Å²) in [6.45, 7) is 2.52. The first-order valence-electron chi connectivity index (χ1n) is 7.62. The molecule has 0 aliphatic heterocycles. The Morgan fingerprint density at radius 3 is 2.09 bits per heavy atom. The summed E-state index contributed by atoms with van der Waals surface area (Å²) in [6, 6.07) is 15.4. The van der Waals surface area contributed by atoms with E-state index in [-0.39, 0.29) is 5.97 Å². The Hall–Kier alpha value is -2.29. The second kappa shape index (κ2) is 8.23. The Morgan fingerprint density at radius 1 is 0.909 bits per heavy atom. The van der Waals surface area contributed by atoms with Crippen LogP contribution in [-0.4, -0.2) is 19.7 Å². The third-order valence-electron chi connectivity index (χ3n) is 3.51. The predicted octanol–water partition coefficient (Wildman–Crippen LogP) is 4.05. The molecule has 0 atom stereocenters. The van der Waals surface area contributed by atoms with Crippen molar-refractivity contribution in [1.29, 1.82) is 0 Å². The molecule has 0 fully saturated rings. The molecule has 0 heterocycles. The largest absolute Gasteiger partial charge is 0.497 e. The molecule has 2 rings (SSSR count). The van der Waals surface area contributed by atoms with E-state index in [9.17, 15) is 4.79 Å². The van der Waals surface area contributed by atoms with Crippen LogP contribution in [0.25, 0.3) is 0 Å². The highest BCUT2D eigenvalue weighted by Crippen LogP contribution is 2.12. The molecule has 0 aliphatic rings. The number of carbonyl (C=O) groups is 1. The molecule has 0 N–H and O–H groups in total. The second-order valence-electron chi connectivity index (χ2n) is 5.18. The van der Waals surface area contributed by atoms with E-state index in [0.717, 1.165) is 24.2 Å². The monoisotopic (exact) mass is 298 g/mol. The maximum Gasteiger partial charge on any atom is 0.338 e. The normalized spacial score (nSPS) is 10.3. The summed E-state index contributed by atoms with van der Waals surface area (Å²) in [7, 11) is 1.64. The van der Waals surface area contributed by atoms with E-state index in [1.165, 1.54) is 5.56 Å². The summed E-state index contributed by atoms with van der Waals surface area (Å²) >= 11 is 0. The lowest BCUT2D eigenvalue weighted by Gasteiger charge is -2.06. The van der Waals surface area contributed by atoms with Crippen molar-refractivity contribution in [2.45, 2.75) is 26.2 Å². The first-order valence-corrected chi connectivity index (χ1v) is 7.62. The van der Waals surface area contributed by atoms with Crippen molar-refractivity contribution < 1.29 is 14.3 Å². The van der Waals surface area contributed by atoms with E-state index >= 15 is 0 Å². The predicted molar refractivity (Wildman–Crippen MR) is 87.4 cm³/mol.